The first-order chi connectivity index (χ1) is 12.6. The summed E-state index contributed by atoms with van der Waals surface area (Å²) < 4.78 is 0. The topological polar surface area (TPSA) is 87.2 Å². The highest BCUT2D eigenvalue weighted by Gasteiger charge is 2.28. The molecule has 0 spiro atoms. The lowest BCUT2D eigenvalue weighted by molar-refractivity contribution is -0.120. The molecule has 0 bridgehead atoms. The van der Waals surface area contributed by atoms with Gasteiger partial charge in [0.25, 0.3) is 5.56 Å². The number of hydrogen-bond acceptors (Lipinski definition) is 5. The second-order valence-electron chi connectivity index (χ2n) is 8.51. The van der Waals surface area contributed by atoms with Crippen LogP contribution >= 0.6 is 11.3 Å². The predicted molar refractivity (Wildman–Crippen MR) is 110 cm³/mol. The molecule has 0 atom stereocenters. The van der Waals surface area contributed by atoms with Crippen molar-refractivity contribution in [1.82, 2.24) is 15.4 Å². The standard InChI is InChI=1S/C20H28N4O2S/c1-11-12(2)27-19-17(11)18(26)21-15(22-19)10-16(25)24-23-14-8-6-13(7-9-14)20(3,4)5/h13H,6-10H2,1-5H3,(H,24,25)(H,21,22,26). The van der Waals surface area contributed by atoms with Crippen molar-refractivity contribution in [2.75, 3.05) is 0 Å². The SMILES string of the molecule is Cc1sc2nc(CC(=O)NN=C3CCC(C(C)(C)C)CC3)[nH]c(=O)c2c1C. The zero-order valence-corrected chi connectivity index (χ0v) is 17.5. The van der Waals surface area contributed by atoms with Gasteiger partial charge in [-0.25, -0.2) is 10.4 Å². The molecular formula is C20H28N4O2S. The lowest BCUT2D eigenvalue weighted by atomic mass is 9.72. The summed E-state index contributed by atoms with van der Waals surface area (Å²) in [7, 11) is 0. The van der Waals surface area contributed by atoms with Gasteiger partial charge in [0.2, 0.25) is 5.91 Å². The molecule has 0 radical (unpaired) electrons. The fraction of sp³-hybridized carbons (Fsp3) is 0.600. The van der Waals surface area contributed by atoms with Crippen molar-refractivity contribution < 1.29 is 4.79 Å². The zero-order chi connectivity index (χ0) is 19.8. The Morgan fingerprint density at radius 1 is 1.30 bits per heavy atom. The number of rotatable bonds is 3. The number of carbonyl (C=O) groups is 1. The van der Waals surface area contributed by atoms with Crippen LogP contribution in [0.4, 0.5) is 0 Å². The van der Waals surface area contributed by atoms with E-state index >= 15 is 0 Å². The molecule has 2 aromatic heterocycles. The van der Waals surface area contributed by atoms with Gasteiger partial charge in [-0.1, -0.05) is 20.8 Å². The van der Waals surface area contributed by atoms with Crippen LogP contribution in [0.2, 0.25) is 0 Å². The summed E-state index contributed by atoms with van der Waals surface area (Å²) in [5.74, 6) is 0.821. The molecular weight excluding hydrogens is 360 g/mol. The number of fused-ring (bicyclic) bond motifs is 1. The molecule has 0 aliphatic heterocycles. The summed E-state index contributed by atoms with van der Waals surface area (Å²) in [4.78, 5) is 33.4. The van der Waals surface area contributed by atoms with Crippen LogP contribution in [0, 0.1) is 25.2 Å². The largest absolute Gasteiger partial charge is 0.309 e. The summed E-state index contributed by atoms with van der Waals surface area (Å²) >= 11 is 1.48. The quantitative estimate of drug-likeness (QED) is 0.783. The summed E-state index contributed by atoms with van der Waals surface area (Å²) in [6.45, 7) is 10.7. The predicted octanol–water partition coefficient (Wildman–Crippen LogP) is 3.85. The number of aromatic amines is 1. The first-order valence-electron chi connectivity index (χ1n) is 9.48. The molecule has 0 aromatic carbocycles. The number of amides is 1. The molecule has 1 aliphatic carbocycles. The van der Waals surface area contributed by atoms with Crippen molar-refractivity contribution in [3.63, 3.8) is 0 Å². The molecule has 7 heteroatoms. The van der Waals surface area contributed by atoms with Gasteiger partial charge in [0.05, 0.1) is 11.8 Å². The van der Waals surface area contributed by atoms with Gasteiger partial charge in [0, 0.05) is 10.6 Å². The summed E-state index contributed by atoms with van der Waals surface area (Å²) in [5.41, 5.74) is 4.77. The highest BCUT2D eigenvalue weighted by Crippen LogP contribution is 2.36. The third kappa shape index (κ3) is 4.46. The fourth-order valence-corrected chi connectivity index (χ4v) is 4.69. The number of H-pyrrole nitrogens is 1. The van der Waals surface area contributed by atoms with E-state index in [-0.39, 0.29) is 17.9 Å². The van der Waals surface area contributed by atoms with Gasteiger partial charge in [0.1, 0.15) is 10.7 Å². The van der Waals surface area contributed by atoms with E-state index in [1.165, 1.54) is 11.3 Å². The maximum Gasteiger partial charge on any atom is 0.259 e. The van der Waals surface area contributed by atoms with Crippen molar-refractivity contribution in [3.05, 3.63) is 26.6 Å². The van der Waals surface area contributed by atoms with Gasteiger partial charge in [-0.3, -0.25) is 9.59 Å². The van der Waals surface area contributed by atoms with Crippen molar-refractivity contribution in [2.45, 2.75) is 66.7 Å². The van der Waals surface area contributed by atoms with Crippen LogP contribution in [0.1, 0.15) is 62.7 Å². The highest BCUT2D eigenvalue weighted by molar-refractivity contribution is 7.18. The number of hydrogen-bond donors (Lipinski definition) is 2. The molecule has 1 saturated carbocycles. The monoisotopic (exact) mass is 388 g/mol. The van der Waals surface area contributed by atoms with E-state index in [1.54, 1.807) is 0 Å². The Labute approximate surface area is 163 Å². The van der Waals surface area contributed by atoms with Crippen LogP contribution < -0.4 is 11.0 Å². The number of carbonyl (C=O) groups excluding carboxylic acids is 1. The summed E-state index contributed by atoms with van der Waals surface area (Å²) in [6.07, 6.45) is 4.10. The Balaban J connectivity index is 1.62. The van der Waals surface area contributed by atoms with E-state index in [1.807, 2.05) is 13.8 Å². The summed E-state index contributed by atoms with van der Waals surface area (Å²) in [5, 5.41) is 4.92. The Morgan fingerprint density at radius 3 is 2.59 bits per heavy atom. The Hall–Kier alpha value is -2.02. The van der Waals surface area contributed by atoms with Gasteiger partial charge in [-0.15, -0.1) is 11.3 Å². The molecule has 2 aromatic rings. The Kier molecular flexibility index (Phi) is 5.51. The van der Waals surface area contributed by atoms with Crippen molar-refractivity contribution >= 4 is 33.2 Å². The fourth-order valence-electron chi connectivity index (χ4n) is 3.64. The molecule has 2 N–H and O–H groups in total. The zero-order valence-electron chi connectivity index (χ0n) is 16.7. The molecule has 0 saturated heterocycles. The summed E-state index contributed by atoms with van der Waals surface area (Å²) in [6, 6.07) is 0. The smallest absolute Gasteiger partial charge is 0.259 e. The maximum atomic E-state index is 12.3. The number of aryl methyl sites for hydroxylation is 2. The first kappa shape index (κ1) is 19.7. The van der Waals surface area contributed by atoms with Gasteiger partial charge in [0.15, 0.2) is 0 Å². The number of nitrogens with one attached hydrogen (secondary N) is 2. The third-order valence-corrected chi connectivity index (χ3v) is 6.64. The second kappa shape index (κ2) is 7.54. The minimum atomic E-state index is -0.257. The molecule has 2 heterocycles. The van der Waals surface area contributed by atoms with E-state index in [2.05, 4.69) is 41.3 Å². The molecule has 146 valence electrons. The van der Waals surface area contributed by atoms with E-state index in [9.17, 15) is 9.59 Å². The van der Waals surface area contributed by atoms with Gasteiger partial charge in [-0.2, -0.15) is 5.10 Å². The minimum Gasteiger partial charge on any atom is -0.309 e. The third-order valence-electron chi connectivity index (χ3n) is 5.54. The van der Waals surface area contributed by atoms with Crippen molar-refractivity contribution in [3.8, 4) is 0 Å². The second-order valence-corrected chi connectivity index (χ2v) is 9.71. The van der Waals surface area contributed by atoms with Crippen molar-refractivity contribution in [2.24, 2.45) is 16.4 Å². The number of thiophene rings is 1. The van der Waals surface area contributed by atoms with Gasteiger partial charge in [-0.05, 0) is 56.4 Å². The maximum absolute atomic E-state index is 12.3. The van der Waals surface area contributed by atoms with Gasteiger partial charge < -0.3 is 4.98 Å². The lowest BCUT2D eigenvalue weighted by Gasteiger charge is -2.34. The van der Waals surface area contributed by atoms with E-state index in [4.69, 9.17) is 0 Å². The van der Waals surface area contributed by atoms with Crippen LogP contribution in [0.3, 0.4) is 0 Å². The molecule has 1 amide bonds. The number of hydrazone groups is 1. The van der Waals surface area contributed by atoms with Crippen LogP contribution in [-0.2, 0) is 11.2 Å². The Morgan fingerprint density at radius 2 is 1.96 bits per heavy atom. The van der Waals surface area contributed by atoms with Gasteiger partial charge >= 0.3 is 0 Å². The molecule has 0 unspecified atom stereocenters. The molecule has 6 nitrogen and oxygen atoms in total. The van der Waals surface area contributed by atoms with E-state index in [0.29, 0.717) is 27.4 Å². The Bertz CT molecular complexity index is 939. The average molecular weight is 389 g/mol. The molecule has 27 heavy (non-hydrogen) atoms. The highest BCUT2D eigenvalue weighted by atomic mass is 32.1. The minimum absolute atomic E-state index is 0.0164. The van der Waals surface area contributed by atoms with E-state index in [0.717, 1.165) is 41.8 Å². The van der Waals surface area contributed by atoms with Crippen LogP contribution in [0.5, 0.6) is 0 Å². The van der Waals surface area contributed by atoms with Crippen LogP contribution in [0.15, 0.2) is 9.90 Å². The van der Waals surface area contributed by atoms with Crippen LogP contribution in [0.25, 0.3) is 10.2 Å². The molecule has 3 rings (SSSR count). The van der Waals surface area contributed by atoms with Crippen LogP contribution in [-0.4, -0.2) is 21.6 Å². The number of nitrogens with zero attached hydrogens (tertiary/aromatic N) is 2. The molecule has 1 aliphatic rings. The molecule has 1 fully saturated rings. The van der Waals surface area contributed by atoms with Crippen molar-refractivity contribution in [1.29, 1.82) is 0 Å². The normalized spacial score (nSPS) is 18.0. The lowest BCUT2D eigenvalue weighted by Crippen LogP contribution is -2.28. The number of aromatic nitrogens is 2. The first-order valence-corrected chi connectivity index (χ1v) is 10.3. The van der Waals surface area contributed by atoms with E-state index < -0.39 is 0 Å². The average Bonchev–Trinajstić information content (AvgIpc) is 2.87.